The second-order valence-corrected chi connectivity index (χ2v) is 4.43. The fourth-order valence-electron chi connectivity index (χ4n) is 1.61. The van der Waals surface area contributed by atoms with Gasteiger partial charge in [-0.25, -0.2) is 4.98 Å². The molecule has 0 aliphatic carbocycles. The normalized spacial score (nSPS) is 11.4. The van der Waals surface area contributed by atoms with Gasteiger partial charge >= 0.3 is 6.18 Å². The van der Waals surface area contributed by atoms with Crippen molar-refractivity contribution in [2.75, 3.05) is 5.32 Å². The number of benzene rings is 1. The topological polar surface area (TPSA) is 57.8 Å². The van der Waals surface area contributed by atoms with Crippen molar-refractivity contribution in [2.24, 2.45) is 0 Å². The molecule has 1 aromatic carbocycles. The number of alkyl halides is 3. The number of imidazole rings is 1. The van der Waals surface area contributed by atoms with Crippen LogP contribution in [-0.2, 0) is 17.4 Å². The van der Waals surface area contributed by atoms with Gasteiger partial charge in [0.1, 0.15) is 0 Å². The molecule has 0 spiro atoms. The van der Waals surface area contributed by atoms with E-state index < -0.39 is 17.6 Å². The van der Waals surface area contributed by atoms with Crippen LogP contribution in [0.2, 0.25) is 5.02 Å². The van der Waals surface area contributed by atoms with Crippen molar-refractivity contribution in [2.45, 2.75) is 12.6 Å². The zero-order valence-electron chi connectivity index (χ0n) is 9.96. The lowest BCUT2D eigenvalue weighted by Gasteiger charge is -2.13. The monoisotopic (exact) mass is 303 g/mol. The van der Waals surface area contributed by atoms with Gasteiger partial charge in [-0.1, -0.05) is 11.6 Å². The molecule has 0 atom stereocenters. The minimum atomic E-state index is -4.60. The molecule has 0 aliphatic heterocycles. The fourth-order valence-corrected chi connectivity index (χ4v) is 1.78. The Hall–Kier alpha value is -2.02. The number of rotatable bonds is 3. The lowest BCUT2D eigenvalue weighted by Crippen LogP contribution is -2.18. The minimum Gasteiger partial charge on any atom is -0.348 e. The van der Waals surface area contributed by atoms with E-state index >= 15 is 0 Å². The van der Waals surface area contributed by atoms with Crippen molar-refractivity contribution in [1.29, 1.82) is 0 Å². The summed E-state index contributed by atoms with van der Waals surface area (Å²) in [5, 5.41) is 2.17. The Labute approximate surface area is 117 Å². The summed E-state index contributed by atoms with van der Waals surface area (Å²) >= 11 is 5.55. The third-order valence-corrected chi connectivity index (χ3v) is 2.70. The number of aromatic nitrogens is 2. The van der Waals surface area contributed by atoms with E-state index in [1.54, 1.807) is 0 Å². The van der Waals surface area contributed by atoms with E-state index in [1.165, 1.54) is 18.6 Å². The summed E-state index contributed by atoms with van der Waals surface area (Å²) < 4.78 is 38.5. The average Bonchev–Trinajstić information content (AvgIpc) is 2.82. The summed E-state index contributed by atoms with van der Waals surface area (Å²) in [6, 6.07) is 3.17. The second kappa shape index (κ2) is 5.54. The van der Waals surface area contributed by atoms with E-state index in [2.05, 4.69) is 15.3 Å². The Morgan fingerprint density at radius 3 is 2.75 bits per heavy atom. The van der Waals surface area contributed by atoms with Crippen LogP contribution in [-0.4, -0.2) is 15.9 Å². The van der Waals surface area contributed by atoms with Gasteiger partial charge in [-0.15, -0.1) is 0 Å². The molecular weight excluding hydrogens is 295 g/mol. The SMILES string of the molecule is O=C(Cc1cnc[nH]1)Nc1ccc(Cl)cc1C(F)(F)F. The Bertz CT molecular complexity index is 611. The number of anilines is 1. The van der Waals surface area contributed by atoms with Crippen LogP contribution < -0.4 is 5.32 Å². The number of hydrogen-bond acceptors (Lipinski definition) is 2. The minimum absolute atomic E-state index is 0.0520. The molecule has 0 unspecified atom stereocenters. The van der Waals surface area contributed by atoms with Gasteiger partial charge in [-0.05, 0) is 18.2 Å². The maximum Gasteiger partial charge on any atom is 0.418 e. The highest BCUT2D eigenvalue weighted by molar-refractivity contribution is 6.30. The van der Waals surface area contributed by atoms with Crippen molar-refractivity contribution in [3.63, 3.8) is 0 Å². The standard InChI is InChI=1S/C12H9ClF3N3O/c13-7-1-2-10(9(3-7)12(14,15)16)19-11(20)4-8-5-17-6-18-8/h1-3,5-6H,4H2,(H,17,18)(H,19,20). The largest absolute Gasteiger partial charge is 0.418 e. The van der Waals surface area contributed by atoms with E-state index in [0.29, 0.717) is 5.69 Å². The van der Waals surface area contributed by atoms with Crippen LogP contribution in [0.5, 0.6) is 0 Å². The molecule has 2 N–H and O–H groups in total. The highest BCUT2D eigenvalue weighted by atomic mass is 35.5. The van der Waals surface area contributed by atoms with Crippen LogP contribution >= 0.6 is 11.6 Å². The van der Waals surface area contributed by atoms with E-state index in [0.717, 1.165) is 12.1 Å². The molecule has 0 fully saturated rings. The molecule has 0 saturated carbocycles. The number of H-pyrrole nitrogens is 1. The molecular formula is C12H9ClF3N3O. The summed E-state index contributed by atoms with van der Waals surface area (Å²) in [4.78, 5) is 18.1. The molecule has 0 radical (unpaired) electrons. The second-order valence-electron chi connectivity index (χ2n) is 3.99. The first-order valence-electron chi connectivity index (χ1n) is 5.50. The maximum absolute atomic E-state index is 12.8. The summed E-state index contributed by atoms with van der Waals surface area (Å²) in [6.07, 6.45) is -1.89. The van der Waals surface area contributed by atoms with Crippen LogP contribution in [0, 0.1) is 0 Å². The fraction of sp³-hybridized carbons (Fsp3) is 0.167. The Balaban J connectivity index is 2.19. The van der Waals surface area contributed by atoms with E-state index in [-0.39, 0.29) is 17.1 Å². The van der Waals surface area contributed by atoms with Crippen LogP contribution in [0.4, 0.5) is 18.9 Å². The molecule has 2 aromatic rings. The summed E-state index contributed by atoms with van der Waals surface area (Å²) in [7, 11) is 0. The Morgan fingerprint density at radius 1 is 1.40 bits per heavy atom. The molecule has 8 heteroatoms. The average molecular weight is 304 g/mol. The van der Waals surface area contributed by atoms with Crippen LogP contribution in [0.3, 0.4) is 0 Å². The Morgan fingerprint density at radius 2 is 2.15 bits per heavy atom. The van der Waals surface area contributed by atoms with Gasteiger partial charge < -0.3 is 10.3 Å². The first-order chi connectivity index (χ1) is 9.36. The first kappa shape index (κ1) is 14.4. The number of carbonyl (C=O) groups is 1. The third kappa shape index (κ3) is 3.51. The van der Waals surface area contributed by atoms with E-state index in [1.807, 2.05) is 0 Å². The van der Waals surface area contributed by atoms with E-state index in [4.69, 9.17) is 11.6 Å². The van der Waals surface area contributed by atoms with E-state index in [9.17, 15) is 18.0 Å². The molecule has 106 valence electrons. The van der Waals surface area contributed by atoms with Crippen LogP contribution in [0.1, 0.15) is 11.3 Å². The molecule has 4 nitrogen and oxygen atoms in total. The highest BCUT2D eigenvalue weighted by Crippen LogP contribution is 2.36. The molecule has 20 heavy (non-hydrogen) atoms. The van der Waals surface area contributed by atoms with Gasteiger partial charge in [0.2, 0.25) is 5.91 Å². The number of halogens is 4. The molecule has 1 aromatic heterocycles. The lowest BCUT2D eigenvalue weighted by molar-refractivity contribution is -0.137. The lowest BCUT2D eigenvalue weighted by atomic mass is 10.1. The number of hydrogen-bond donors (Lipinski definition) is 2. The summed E-state index contributed by atoms with van der Waals surface area (Å²) in [5.74, 6) is -0.581. The number of aromatic amines is 1. The molecule has 0 bridgehead atoms. The zero-order chi connectivity index (χ0) is 14.8. The van der Waals surface area contributed by atoms with Gasteiger partial charge in [-0.3, -0.25) is 4.79 Å². The van der Waals surface area contributed by atoms with Crippen LogP contribution in [0.15, 0.2) is 30.7 Å². The van der Waals surface area contributed by atoms with Crippen molar-refractivity contribution in [3.8, 4) is 0 Å². The van der Waals surface area contributed by atoms with Crippen molar-refractivity contribution in [3.05, 3.63) is 47.0 Å². The highest BCUT2D eigenvalue weighted by Gasteiger charge is 2.34. The van der Waals surface area contributed by atoms with Crippen molar-refractivity contribution < 1.29 is 18.0 Å². The number of amides is 1. The third-order valence-electron chi connectivity index (χ3n) is 2.47. The number of carbonyl (C=O) groups excluding carboxylic acids is 1. The predicted molar refractivity (Wildman–Crippen MR) is 67.4 cm³/mol. The first-order valence-corrected chi connectivity index (χ1v) is 5.88. The summed E-state index contributed by atoms with van der Waals surface area (Å²) in [6.45, 7) is 0. The van der Waals surface area contributed by atoms with Gasteiger partial charge in [0.15, 0.2) is 0 Å². The van der Waals surface area contributed by atoms with Crippen molar-refractivity contribution >= 4 is 23.2 Å². The molecule has 0 saturated heterocycles. The van der Waals surface area contributed by atoms with Crippen LogP contribution in [0.25, 0.3) is 0 Å². The zero-order valence-corrected chi connectivity index (χ0v) is 10.7. The smallest absolute Gasteiger partial charge is 0.348 e. The summed E-state index contributed by atoms with van der Waals surface area (Å²) in [5.41, 5.74) is -0.806. The quantitative estimate of drug-likeness (QED) is 0.914. The molecule has 2 rings (SSSR count). The molecule has 1 heterocycles. The maximum atomic E-state index is 12.8. The molecule has 1 amide bonds. The number of nitrogens with zero attached hydrogens (tertiary/aromatic N) is 1. The van der Waals surface area contributed by atoms with Gasteiger partial charge in [0, 0.05) is 16.9 Å². The predicted octanol–water partition coefficient (Wildman–Crippen LogP) is 3.26. The van der Waals surface area contributed by atoms with Gasteiger partial charge in [-0.2, -0.15) is 13.2 Å². The Kier molecular flexibility index (Phi) is 3.99. The van der Waals surface area contributed by atoms with Crippen molar-refractivity contribution in [1.82, 2.24) is 9.97 Å². The molecule has 0 aliphatic rings. The number of nitrogens with one attached hydrogen (secondary N) is 2. The van der Waals surface area contributed by atoms with Gasteiger partial charge in [0.25, 0.3) is 0 Å². The van der Waals surface area contributed by atoms with Gasteiger partial charge in [0.05, 0.1) is 24.0 Å².